The summed E-state index contributed by atoms with van der Waals surface area (Å²) in [5.74, 6) is -2.45. The van der Waals surface area contributed by atoms with Crippen molar-refractivity contribution in [2.24, 2.45) is 0 Å². The highest BCUT2D eigenvalue weighted by Crippen LogP contribution is 2.19. The van der Waals surface area contributed by atoms with Gasteiger partial charge in [0.1, 0.15) is 5.82 Å². The predicted molar refractivity (Wildman–Crippen MR) is 126 cm³/mol. The van der Waals surface area contributed by atoms with Gasteiger partial charge in [-0.1, -0.05) is 35.9 Å². The second kappa shape index (κ2) is 8.92. The molecule has 3 aromatic carbocycles. The summed E-state index contributed by atoms with van der Waals surface area (Å²) in [6.07, 6.45) is 1.36. The molecule has 2 heterocycles. The van der Waals surface area contributed by atoms with Gasteiger partial charge in [-0.05, 0) is 53.6 Å². The van der Waals surface area contributed by atoms with Crippen LogP contribution in [-0.4, -0.2) is 18.7 Å². The Kier molecular flexibility index (Phi) is 5.78. The van der Waals surface area contributed by atoms with E-state index in [2.05, 4.69) is 4.98 Å². The lowest BCUT2D eigenvalue weighted by molar-refractivity contribution is 0.506. The van der Waals surface area contributed by atoms with Gasteiger partial charge in [0.05, 0.1) is 18.6 Å². The standard InChI is InChI=1S/C25H16ClF3N4O2/c26-17-2-1-3-19(11-17)33-23-22(31(14-30-23)12-16-6-9-20(28)21(29)10-16)24(34)32(25(33)35)13-15-4-7-18(27)8-5-15/h1-11,14H,12-13H2. The largest absolute Gasteiger partial charge is 0.337 e. The molecule has 0 aliphatic rings. The highest BCUT2D eigenvalue weighted by atomic mass is 35.5. The van der Waals surface area contributed by atoms with Crippen LogP contribution in [0.25, 0.3) is 16.9 Å². The molecule has 0 bridgehead atoms. The Balaban J connectivity index is 1.74. The third-order valence-corrected chi connectivity index (χ3v) is 5.79. The zero-order valence-corrected chi connectivity index (χ0v) is 18.7. The molecule has 0 atom stereocenters. The average Bonchev–Trinajstić information content (AvgIpc) is 3.23. The smallest absolute Gasteiger partial charge is 0.320 e. The zero-order chi connectivity index (χ0) is 24.7. The van der Waals surface area contributed by atoms with Crippen LogP contribution < -0.4 is 11.2 Å². The maximum atomic E-state index is 13.8. The van der Waals surface area contributed by atoms with Gasteiger partial charge in [0.15, 0.2) is 22.8 Å². The van der Waals surface area contributed by atoms with Gasteiger partial charge in [-0.3, -0.25) is 9.36 Å². The van der Waals surface area contributed by atoms with Crippen LogP contribution in [0.5, 0.6) is 0 Å². The molecule has 0 unspecified atom stereocenters. The number of rotatable bonds is 5. The molecule has 5 rings (SSSR count). The minimum Gasteiger partial charge on any atom is -0.320 e. The number of hydrogen-bond donors (Lipinski definition) is 0. The summed E-state index contributed by atoms with van der Waals surface area (Å²) in [6.45, 7) is -0.113. The van der Waals surface area contributed by atoms with Crippen LogP contribution >= 0.6 is 11.6 Å². The number of imidazole rings is 1. The SMILES string of the molecule is O=c1c2c(ncn2Cc2ccc(F)c(F)c2)n(-c2cccc(Cl)c2)c(=O)n1Cc1ccc(F)cc1. The van der Waals surface area contributed by atoms with Gasteiger partial charge >= 0.3 is 5.69 Å². The molecule has 0 spiro atoms. The first-order chi connectivity index (χ1) is 16.8. The van der Waals surface area contributed by atoms with E-state index in [-0.39, 0.29) is 24.3 Å². The van der Waals surface area contributed by atoms with Crippen molar-refractivity contribution in [3.05, 3.63) is 127 Å². The Labute approximate surface area is 201 Å². The number of benzene rings is 3. The van der Waals surface area contributed by atoms with Crippen molar-refractivity contribution >= 4 is 22.8 Å². The molecule has 0 radical (unpaired) electrons. The van der Waals surface area contributed by atoms with Gasteiger partial charge in [0.25, 0.3) is 5.56 Å². The summed E-state index contributed by atoms with van der Waals surface area (Å²) in [5, 5.41) is 0.375. The number of fused-ring (bicyclic) bond motifs is 1. The fourth-order valence-electron chi connectivity index (χ4n) is 3.89. The van der Waals surface area contributed by atoms with Crippen LogP contribution in [0.4, 0.5) is 13.2 Å². The van der Waals surface area contributed by atoms with Gasteiger partial charge in [0, 0.05) is 11.6 Å². The van der Waals surface area contributed by atoms with Crippen LogP contribution in [0.2, 0.25) is 5.02 Å². The lowest BCUT2D eigenvalue weighted by Crippen LogP contribution is -2.40. The molecule has 0 N–H and O–H groups in total. The Hall–Kier alpha value is -4.11. The summed E-state index contributed by atoms with van der Waals surface area (Å²) < 4.78 is 44.3. The van der Waals surface area contributed by atoms with E-state index in [1.165, 1.54) is 45.8 Å². The third-order valence-electron chi connectivity index (χ3n) is 5.56. The van der Waals surface area contributed by atoms with E-state index in [1.54, 1.807) is 24.3 Å². The average molecular weight is 497 g/mol. The van der Waals surface area contributed by atoms with Gasteiger partial charge in [0.2, 0.25) is 0 Å². The van der Waals surface area contributed by atoms with Crippen LogP contribution in [0, 0.1) is 17.5 Å². The highest BCUT2D eigenvalue weighted by Gasteiger charge is 2.20. The van der Waals surface area contributed by atoms with E-state index in [0.29, 0.717) is 21.8 Å². The van der Waals surface area contributed by atoms with Crippen LogP contribution in [0.3, 0.4) is 0 Å². The molecule has 6 nitrogen and oxygen atoms in total. The van der Waals surface area contributed by atoms with Gasteiger partial charge in [-0.2, -0.15) is 0 Å². The van der Waals surface area contributed by atoms with Crippen molar-refractivity contribution in [2.45, 2.75) is 13.1 Å². The quantitative estimate of drug-likeness (QED) is 0.359. The molecule has 0 saturated heterocycles. The molecule has 35 heavy (non-hydrogen) atoms. The Morgan fingerprint density at radius 3 is 2.29 bits per heavy atom. The van der Waals surface area contributed by atoms with E-state index in [4.69, 9.17) is 11.6 Å². The fourth-order valence-corrected chi connectivity index (χ4v) is 4.08. The first-order valence-electron chi connectivity index (χ1n) is 10.5. The number of hydrogen-bond acceptors (Lipinski definition) is 3. The third kappa shape index (κ3) is 4.26. The monoisotopic (exact) mass is 496 g/mol. The van der Waals surface area contributed by atoms with Gasteiger partial charge < -0.3 is 4.57 Å². The Morgan fingerprint density at radius 2 is 1.57 bits per heavy atom. The van der Waals surface area contributed by atoms with Crippen molar-refractivity contribution in [1.29, 1.82) is 0 Å². The molecular weight excluding hydrogens is 481 g/mol. The van der Waals surface area contributed by atoms with Crippen LogP contribution in [0.15, 0.2) is 82.6 Å². The van der Waals surface area contributed by atoms with Crippen molar-refractivity contribution in [3.63, 3.8) is 0 Å². The fraction of sp³-hybridized carbons (Fsp3) is 0.0800. The normalized spacial score (nSPS) is 11.3. The van der Waals surface area contributed by atoms with E-state index in [1.807, 2.05) is 0 Å². The van der Waals surface area contributed by atoms with Crippen molar-refractivity contribution in [1.82, 2.24) is 18.7 Å². The second-order valence-corrected chi connectivity index (χ2v) is 8.35. The zero-order valence-electron chi connectivity index (χ0n) is 18.0. The molecule has 2 aromatic heterocycles. The molecule has 0 aliphatic carbocycles. The van der Waals surface area contributed by atoms with E-state index < -0.39 is 28.7 Å². The molecule has 0 amide bonds. The molecule has 0 saturated carbocycles. The first-order valence-corrected chi connectivity index (χ1v) is 10.8. The minimum atomic E-state index is -1.02. The van der Waals surface area contributed by atoms with Crippen molar-refractivity contribution in [2.75, 3.05) is 0 Å². The summed E-state index contributed by atoms with van der Waals surface area (Å²) in [7, 11) is 0. The summed E-state index contributed by atoms with van der Waals surface area (Å²) in [5.41, 5.74) is 0.192. The second-order valence-electron chi connectivity index (χ2n) is 7.91. The van der Waals surface area contributed by atoms with Crippen LogP contribution in [0.1, 0.15) is 11.1 Å². The van der Waals surface area contributed by atoms with E-state index in [9.17, 15) is 22.8 Å². The molecule has 176 valence electrons. The Bertz CT molecular complexity index is 1690. The summed E-state index contributed by atoms with van der Waals surface area (Å²) >= 11 is 6.14. The molecule has 10 heteroatoms. The summed E-state index contributed by atoms with van der Waals surface area (Å²) in [6, 6.07) is 15.4. The number of halogens is 4. The minimum absolute atomic E-state index is 0.00718. The topological polar surface area (TPSA) is 61.8 Å². The van der Waals surface area contributed by atoms with Crippen LogP contribution in [-0.2, 0) is 13.1 Å². The Morgan fingerprint density at radius 1 is 0.829 bits per heavy atom. The molecule has 5 aromatic rings. The maximum Gasteiger partial charge on any atom is 0.337 e. The first kappa shape index (κ1) is 22.7. The van der Waals surface area contributed by atoms with Crippen molar-refractivity contribution in [3.8, 4) is 5.69 Å². The summed E-state index contributed by atoms with van der Waals surface area (Å²) in [4.78, 5) is 31.3. The van der Waals surface area contributed by atoms with Crippen molar-refractivity contribution < 1.29 is 13.2 Å². The predicted octanol–water partition coefficient (Wildman–Crippen LogP) is 4.52. The number of aromatic nitrogens is 4. The van der Waals surface area contributed by atoms with E-state index in [0.717, 1.165) is 16.7 Å². The number of nitrogens with zero attached hydrogens (tertiary/aromatic N) is 4. The van der Waals surface area contributed by atoms with Gasteiger partial charge in [-0.15, -0.1) is 0 Å². The van der Waals surface area contributed by atoms with E-state index >= 15 is 0 Å². The molecule has 0 aliphatic heterocycles. The highest BCUT2D eigenvalue weighted by molar-refractivity contribution is 6.30. The molecule has 0 fully saturated rings. The molecular formula is C25H16ClF3N4O2. The maximum absolute atomic E-state index is 13.8. The lowest BCUT2D eigenvalue weighted by atomic mass is 10.2. The van der Waals surface area contributed by atoms with Gasteiger partial charge in [-0.25, -0.2) is 27.5 Å². The lowest BCUT2D eigenvalue weighted by Gasteiger charge is -2.13.